The lowest BCUT2D eigenvalue weighted by atomic mass is 10.1. The normalized spacial score (nSPS) is 15.3. The second kappa shape index (κ2) is 4.85. The largest absolute Gasteiger partial charge is 0.378 e. The minimum absolute atomic E-state index is 0.0417. The number of nitrogens with zero attached hydrogens (tertiary/aromatic N) is 2. The minimum atomic E-state index is 0.0417. The molecular weight excluding hydrogens is 244 g/mol. The van der Waals surface area contributed by atoms with Gasteiger partial charge in [0, 0.05) is 37.4 Å². The number of likely N-dealkylation sites (tertiary alicyclic amines) is 1. The number of methoxy groups -OCH3 is 1. The molecule has 5 nitrogen and oxygen atoms in total. The average molecular weight is 258 g/mol. The van der Waals surface area contributed by atoms with Crippen molar-refractivity contribution in [2.45, 2.75) is 6.10 Å². The molecule has 2 aromatic rings. The van der Waals surface area contributed by atoms with Crippen molar-refractivity contribution in [1.82, 2.24) is 10.1 Å². The van der Waals surface area contributed by atoms with Crippen LogP contribution in [0.3, 0.4) is 0 Å². The standard InChI is InChI=1S/C14H14N2O3/c1-18-12-8-16(9-12)14(17)11-4-2-10(3-5-11)13-6-7-19-15-13/h2-7,12H,8-9H2,1H3. The van der Waals surface area contributed by atoms with Crippen LogP contribution in [0.25, 0.3) is 11.3 Å². The molecule has 1 aliphatic heterocycles. The molecule has 98 valence electrons. The number of amides is 1. The van der Waals surface area contributed by atoms with Gasteiger partial charge in [-0.25, -0.2) is 0 Å². The van der Waals surface area contributed by atoms with Crippen LogP contribution in [0, 0.1) is 0 Å². The first kappa shape index (κ1) is 11.9. The van der Waals surface area contributed by atoms with E-state index in [4.69, 9.17) is 9.26 Å². The van der Waals surface area contributed by atoms with Crippen LogP contribution in [-0.2, 0) is 4.74 Å². The Balaban J connectivity index is 1.71. The number of hydrogen-bond donors (Lipinski definition) is 0. The van der Waals surface area contributed by atoms with Gasteiger partial charge < -0.3 is 14.2 Å². The minimum Gasteiger partial charge on any atom is -0.378 e. The Hall–Kier alpha value is -2.14. The molecule has 0 radical (unpaired) electrons. The number of benzene rings is 1. The lowest BCUT2D eigenvalue weighted by molar-refractivity contribution is -0.0191. The molecule has 5 heteroatoms. The van der Waals surface area contributed by atoms with Crippen LogP contribution in [0.15, 0.2) is 41.1 Å². The molecule has 1 aliphatic rings. The maximum Gasteiger partial charge on any atom is 0.254 e. The van der Waals surface area contributed by atoms with E-state index in [0.717, 1.165) is 11.3 Å². The highest BCUT2D eigenvalue weighted by atomic mass is 16.5. The molecule has 1 aromatic carbocycles. The smallest absolute Gasteiger partial charge is 0.254 e. The van der Waals surface area contributed by atoms with Gasteiger partial charge in [0.15, 0.2) is 0 Å². The third kappa shape index (κ3) is 2.24. The molecule has 0 spiro atoms. The van der Waals surface area contributed by atoms with Gasteiger partial charge >= 0.3 is 0 Å². The lowest BCUT2D eigenvalue weighted by Gasteiger charge is -2.38. The van der Waals surface area contributed by atoms with E-state index in [9.17, 15) is 4.79 Å². The summed E-state index contributed by atoms with van der Waals surface area (Å²) < 4.78 is 9.95. The molecule has 1 fully saturated rings. The summed E-state index contributed by atoms with van der Waals surface area (Å²) in [4.78, 5) is 13.9. The van der Waals surface area contributed by atoms with Crippen LogP contribution in [0.2, 0.25) is 0 Å². The first-order valence-electron chi connectivity index (χ1n) is 6.11. The van der Waals surface area contributed by atoms with E-state index in [-0.39, 0.29) is 12.0 Å². The SMILES string of the molecule is COC1CN(C(=O)c2ccc(-c3ccon3)cc2)C1. The van der Waals surface area contributed by atoms with Crippen molar-refractivity contribution in [3.05, 3.63) is 42.2 Å². The monoisotopic (exact) mass is 258 g/mol. The van der Waals surface area contributed by atoms with Crippen molar-refractivity contribution in [2.24, 2.45) is 0 Å². The summed E-state index contributed by atoms with van der Waals surface area (Å²) in [5.74, 6) is 0.0417. The Bertz CT molecular complexity index is 557. The summed E-state index contributed by atoms with van der Waals surface area (Å²) in [6.45, 7) is 1.33. The van der Waals surface area contributed by atoms with Crippen molar-refractivity contribution in [1.29, 1.82) is 0 Å². The summed E-state index contributed by atoms with van der Waals surface area (Å²) in [6, 6.07) is 9.16. The molecule has 19 heavy (non-hydrogen) atoms. The highest BCUT2D eigenvalue weighted by Gasteiger charge is 2.30. The fourth-order valence-electron chi connectivity index (χ4n) is 2.08. The first-order valence-corrected chi connectivity index (χ1v) is 6.11. The third-order valence-electron chi connectivity index (χ3n) is 3.33. The molecule has 0 saturated carbocycles. The molecule has 0 bridgehead atoms. The van der Waals surface area contributed by atoms with E-state index in [1.54, 1.807) is 18.1 Å². The van der Waals surface area contributed by atoms with Crippen molar-refractivity contribution < 1.29 is 14.1 Å². The number of carbonyl (C=O) groups is 1. The molecule has 1 amide bonds. The van der Waals surface area contributed by atoms with Gasteiger partial charge in [-0.1, -0.05) is 17.3 Å². The number of ether oxygens (including phenoxy) is 1. The van der Waals surface area contributed by atoms with Crippen LogP contribution >= 0.6 is 0 Å². The van der Waals surface area contributed by atoms with Crippen LogP contribution < -0.4 is 0 Å². The van der Waals surface area contributed by atoms with Crippen molar-refractivity contribution >= 4 is 5.91 Å². The maximum absolute atomic E-state index is 12.1. The summed E-state index contributed by atoms with van der Waals surface area (Å²) in [7, 11) is 1.67. The molecule has 0 N–H and O–H groups in total. The number of hydrogen-bond acceptors (Lipinski definition) is 4. The quantitative estimate of drug-likeness (QED) is 0.842. The number of rotatable bonds is 3. The first-order chi connectivity index (χ1) is 9.28. The zero-order valence-electron chi connectivity index (χ0n) is 10.6. The molecule has 3 rings (SSSR count). The van der Waals surface area contributed by atoms with Crippen LogP contribution in [0.4, 0.5) is 0 Å². The van der Waals surface area contributed by atoms with Gasteiger partial charge in [0.1, 0.15) is 12.0 Å². The maximum atomic E-state index is 12.1. The van der Waals surface area contributed by atoms with E-state index in [1.807, 2.05) is 24.3 Å². The van der Waals surface area contributed by atoms with Gasteiger partial charge in [-0.15, -0.1) is 0 Å². The van der Waals surface area contributed by atoms with Gasteiger partial charge in [-0.2, -0.15) is 0 Å². The van der Waals surface area contributed by atoms with Gasteiger partial charge in [0.05, 0.1) is 6.10 Å². The summed E-state index contributed by atoms with van der Waals surface area (Å²) in [5.41, 5.74) is 2.38. The van der Waals surface area contributed by atoms with Gasteiger partial charge in [-0.05, 0) is 12.1 Å². The van der Waals surface area contributed by atoms with E-state index in [0.29, 0.717) is 18.7 Å². The Kier molecular flexibility index (Phi) is 3.05. The molecule has 0 atom stereocenters. The van der Waals surface area contributed by atoms with Crippen LogP contribution in [-0.4, -0.2) is 42.3 Å². The molecule has 0 aliphatic carbocycles. The second-order valence-corrected chi connectivity index (χ2v) is 4.53. The predicted molar refractivity (Wildman–Crippen MR) is 68.6 cm³/mol. The molecule has 1 aromatic heterocycles. The third-order valence-corrected chi connectivity index (χ3v) is 3.33. The Labute approximate surface area is 110 Å². The zero-order valence-corrected chi connectivity index (χ0v) is 10.6. The predicted octanol–water partition coefficient (Wildman–Crippen LogP) is 1.81. The van der Waals surface area contributed by atoms with E-state index < -0.39 is 0 Å². The molecular formula is C14H14N2O3. The second-order valence-electron chi connectivity index (χ2n) is 4.53. The summed E-state index contributed by atoms with van der Waals surface area (Å²) in [5, 5.41) is 3.86. The summed E-state index contributed by atoms with van der Waals surface area (Å²) >= 11 is 0. The Morgan fingerprint density at radius 1 is 1.32 bits per heavy atom. The van der Waals surface area contributed by atoms with Crippen molar-refractivity contribution in [2.75, 3.05) is 20.2 Å². The fraction of sp³-hybridized carbons (Fsp3) is 0.286. The van der Waals surface area contributed by atoms with E-state index in [2.05, 4.69) is 5.16 Å². The highest BCUT2D eigenvalue weighted by Crippen LogP contribution is 2.20. The topological polar surface area (TPSA) is 55.6 Å². The van der Waals surface area contributed by atoms with E-state index >= 15 is 0 Å². The van der Waals surface area contributed by atoms with Gasteiger partial charge in [0.2, 0.25) is 0 Å². The molecule has 1 saturated heterocycles. The zero-order chi connectivity index (χ0) is 13.2. The van der Waals surface area contributed by atoms with E-state index in [1.165, 1.54) is 6.26 Å². The Morgan fingerprint density at radius 3 is 2.63 bits per heavy atom. The number of aromatic nitrogens is 1. The van der Waals surface area contributed by atoms with Crippen LogP contribution in [0.1, 0.15) is 10.4 Å². The molecule has 0 unspecified atom stereocenters. The van der Waals surface area contributed by atoms with Crippen molar-refractivity contribution in [3.63, 3.8) is 0 Å². The number of carbonyl (C=O) groups excluding carboxylic acids is 1. The lowest BCUT2D eigenvalue weighted by Crippen LogP contribution is -2.54. The average Bonchev–Trinajstić information content (AvgIpc) is 2.91. The van der Waals surface area contributed by atoms with Crippen LogP contribution in [0.5, 0.6) is 0 Å². The van der Waals surface area contributed by atoms with Crippen molar-refractivity contribution in [3.8, 4) is 11.3 Å². The fourth-order valence-corrected chi connectivity index (χ4v) is 2.08. The molecule has 2 heterocycles. The van der Waals surface area contributed by atoms with Gasteiger partial charge in [0.25, 0.3) is 5.91 Å². The van der Waals surface area contributed by atoms with Gasteiger partial charge in [-0.3, -0.25) is 4.79 Å². The highest BCUT2D eigenvalue weighted by molar-refractivity contribution is 5.95. The Morgan fingerprint density at radius 2 is 2.05 bits per heavy atom. The summed E-state index contributed by atoms with van der Waals surface area (Å²) in [6.07, 6.45) is 1.71.